The van der Waals surface area contributed by atoms with E-state index in [0.717, 1.165) is 106 Å². The molecule has 0 unspecified atom stereocenters. The molecule has 0 saturated heterocycles. The van der Waals surface area contributed by atoms with Crippen LogP contribution in [0, 0.1) is 0 Å². The van der Waals surface area contributed by atoms with E-state index in [2.05, 4.69) is 253 Å². The quantitative estimate of drug-likeness (QED) is 0.142. The molecule has 69 heavy (non-hydrogen) atoms. The van der Waals surface area contributed by atoms with Gasteiger partial charge in [0, 0.05) is 32.7 Å². The molecule has 3 nitrogen and oxygen atoms in total. The van der Waals surface area contributed by atoms with Crippen LogP contribution in [0.2, 0.25) is 0 Å². The number of hydrogen-bond donors (Lipinski definition) is 0. The van der Waals surface area contributed by atoms with E-state index < -0.39 is 0 Å². The van der Waals surface area contributed by atoms with Crippen LogP contribution in [0.5, 0.6) is 0 Å². The van der Waals surface area contributed by atoms with E-state index in [1.54, 1.807) is 0 Å². The first-order valence-corrected chi connectivity index (χ1v) is 23.5. The number of aromatic nitrogens is 1. The topological polar surface area (TPSA) is 32.2 Å². The third-order valence-electron chi connectivity index (χ3n) is 13.6. The van der Waals surface area contributed by atoms with Crippen molar-refractivity contribution >= 4 is 55.1 Å². The summed E-state index contributed by atoms with van der Waals surface area (Å²) in [6.45, 7) is 0. The Morgan fingerprint density at radius 1 is 0.290 bits per heavy atom. The monoisotopic (exact) mass is 879 g/mol. The molecule has 0 bridgehead atoms. The normalized spacial score (nSPS) is 11.5. The van der Waals surface area contributed by atoms with Crippen molar-refractivity contribution < 1.29 is 4.42 Å². The molecule has 0 fully saturated rings. The Morgan fingerprint density at radius 3 is 1.45 bits per heavy atom. The van der Waals surface area contributed by atoms with E-state index in [-0.39, 0.29) is 0 Å². The van der Waals surface area contributed by atoms with Crippen molar-refractivity contribution in [3.63, 3.8) is 0 Å². The van der Waals surface area contributed by atoms with Gasteiger partial charge >= 0.3 is 0 Å². The molecular formula is C66H43N2O-. The first-order chi connectivity index (χ1) is 34.2. The van der Waals surface area contributed by atoms with E-state index in [1.807, 2.05) is 12.1 Å². The van der Waals surface area contributed by atoms with Gasteiger partial charge in [-0.1, -0.05) is 224 Å². The fourth-order valence-electron chi connectivity index (χ4n) is 10.4. The van der Waals surface area contributed by atoms with Crippen molar-refractivity contribution in [2.45, 2.75) is 0 Å². The maximum atomic E-state index is 6.53. The van der Waals surface area contributed by atoms with Crippen LogP contribution in [0.4, 0.5) is 11.4 Å². The Bertz CT molecular complexity index is 4010. The lowest BCUT2D eigenvalue weighted by Gasteiger charge is -2.30. The summed E-state index contributed by atoms with van der Waals surface area (Å²) in [5.74, 6) is 0. The molecule has 0 N–H and O–H groups in total. The Morgan fingerprint density at radius 2 is 0.725 bits per heavy atom. The molecule has 13 rings (SSSR count). The number of nitrogens with zero attached hydrogens (tertiary/aromatic N) is 2. The summed E-state index contributed by atoms with van der Waals surface area (Å²) < 4.78 is 8.94. The molecule has 0 amide bonds. The van der Waals surface area contributed by atoms with Gasteiger partial charge in [-0.25, -0.2) is 0 Å². The van der Waals surface area contributed by atoms with Gasteiger partial charge in [-0.3, -0.25) is 0 Å². The Kier molecular flexibility index (Phi) is 9.84. The Hall–Kier alpha value is -9.18. The van der Waals surface area contributed by atoms with Crippen LogP contribution >= 0.6 is 0 Å². The van der Waals surface area contributed by atoms with Gasteiger partial charge in [0.2, 0.25) is 0 Å². The second kappa shape index (κ2) is 16.9. The smallest absolute Gasteiger partial charge is 0.143 e. The van der Waals surface area contributed by atoms with Crippen molar-refractivity contribution in [2.75, 3.05) is 0 Å². The number of para-hydroxylation sites is 7. The number of benzene rings is 11. The zero-order chi connectivity index (χ0) is 45.7. The molecule has 3 heteroatoms. The van der Waals surface area contributed by atoms with Gasteiger partial charge < -0.3 is 14.3 Å². The summed E-state index contributed by atoms with van der Waals surface area (Å²) in [7, 11) is 0. The molecule has 2 aromatic heterocycles. The minimum atomic E-state index is 0.893. The van der Waals surface area contributed by atoms with Crippen molar-refractivity contribution in [1.82, 2.24) is 4.57 Å². The average Bonchev–Trinajstić information content (AvgIpc) is 3.97. The molecular weight excluding hydrogens is 837 g/mol. The Labute approximate surface area is 400 Å². The largest absolute Gasteiger partial charge is 0.657 e. The molecule has 2 heterocycles. The third kappa shape index (κ3) is 6.99. The van der Waals surface area contributed by atoms with Crippen LogP contribution in [0.15, 0.2) is 265 Å². The van der Waals surface area contributed by atoms with Gasteiger partial charge in [0.25, 0.3) is 0 Å². The summed E-state index contributed by atoms with van der Waals surface area (Å²) in [4.78, 5) is 0. The predicted octanol–water partition coefficient (Wildman–Crippen LogP) is 19.0. The minimum Gasteiger partial charge on any atom is -0.657 e. The van der Waals surface area contributed by atoms with E-state index >= 15 is 0 Å². The van der Waals surface area contributed by atoms with Crippen LogP contribution < -0.4 is 0 Å². The minimum absolute atomic E-state index is 0.893. The van der Waals surface area contributed by atoms with Crippen molar-refractivity contribution in [3.05, 3.63) is 266 Å². The van der Waals surface area contributed by atoms with Crippen molar-refractivity contribution in [3.8, 4) is 72.4 Å². The number of hydrogen-bond acceptors (Lipinski definition) is 1. The lowest BCUT2D eigenvalue weighted by molar-refractivity contribution is 0.670. The summed E-state index contributed by atoms with van der Waals surface area (Å²) in [5, 5.41) is 10.3. The summed E-state index contributed by atoms with van der Waals surface area (Å²) >= 11 is 0. The molecule has 0 aliphatic rings. The van der Waals surface area contributed by atoms with E-state index in [0.29, 0.717) is 0 Å². The zero-order valence-corrected chi connectivity index (χ0v) is 37.6. The molecule has 13 aromatic rings. The van der Waals surface area contributed by atoms with Crippen LogP contribution in [0.1, 0.15) is 0 Å². The predicted molar refractivity (Wildman–Crippen MR) is 290 cm³/mol. The van der Waals surface area contributed by atoms with Crippen LogP contribution in [0.25, 0.3) is 122 Å². The molecule has 0 saturated carbocycles. The standard InChI is InChI=1S/C66H43N2O/c1-2-20-44(21-3-1)51-32-18-33-52(47-24-17-25-48(43-47)53-34-19-35-57-56-30-9-15-41-64(56)69-66(53)57)65(51)58-31-5-11-37-60(58)67-59-36-10-4-26-49(59)45-22-16-23-46(42-45)50-27-6-12-38-61(50)68-62-39-13-7-28-54(62)55-29-8-14-40-63(55)68/h1-43H/q-1. The highest BCUT2D eigenvalue weighted by atomic mass is 16.3. The molecule has 0 atom stereocenters. The zero-order valence-electron chi connectivity index (χ0n) is 37.6. The maximum absolute atomic E-state index is 6.53. The molecule has 324 valence electrons. The van der Waals surface area contributed by atoms with Gasteiger partial charge in [-0.15, -0.1) is 11.4 Å². The van der Waals surface area contributed by atoms with Gasteiger partial charge in [0.15, 0.2) is 0 Å². The molecule has 0 aliphatic heterocycles. The first-order valence-electron chi connectivity index (χ1n) is 23.5. The van der Waals surface area contributed by atoms with Crippen molar-refractivity contribution in [1.29, 1.82) is 0 Å². The summed E-state index contributed by atoms with van der Waals surface area (Å²) in [6.07, 6.45) is 0. The van der Waals surface area contributed by atoms with Gasteiger partial charge in [-0.05, 0) is 92.0 Å². The van der Waals surface area contributed by atoms with Gasteiger partial charge in [-0.2, -0.15) is 0 Å². The fraction of sp³-hybridized carbons (Fsp3) is 0. The molecule has 0 radical (unpaired) electrons. The van der Waals surface area contributed by atoms with Crippen LogP contribution in [-0.4, -0.2) is 4.57 Å². The second-order valence-corrected chi connectivity index (χ2v) is 17.6. The highest BCUT2D eigenvalue weighted by molar-refractivity contribution is 6.11. The Balaban J connectivity index is 0.919. The molecule has 0 aliphatic carbocycles. The molecule has 11 aromatic carbocycles. The number of furan rings is 1. The second-order valence-electron chi connectivity index (χ2n) is 17.6. The lowest BCUT2D eigenvalue weighted by Crippen LogP contribution is -1.97. The highest BCUT2D eigenvalue weighted by Crippen LogP contribution is 2.49. The van der Waals surface area contributed by atoms with Gasteiger partial charge in [0.05, 0.1) is 16.7 Å². The SMILES string of the molecule is c1ccc(-c2cccc(-c3cccc(-c4cccc5c4oc4ccccc45)c3)c2-c2ccccc2[N-]c2ccccc2-c2cccc(-c3ccccc3-n3c4ccccc4c4ccccc43)c2)cc1. The third-order valence-corrected chi connectivity index (χ3v) is 13.6. The van der Waals surface area contributed by atoms with Crippen molar-refractivity contribution in [2.24, 2.45) is 0 Å². The lowest BCUT2D eigenvalue weighted by atomic mass is 9.86. The summed E-state index contributed by atoms with van der Waals surface area (Å²) in [5.41, 5.74) is 20.4. The number of fused-ring (bicyclic) bond motifs is 6. The first kappa shape index (κ1) is 40.1. The molecule has 0 spiro atoms. The number of rotatable bonds is 9. The summed E-state index contributed by atoms with van der Waals surface area (Å²) in [6, 6.07) is 93.1. The van der Waals surface area contributed by atoms with Crippen LogP contribution in [-0.2, 0) is 0 Å². The highest BCUT2D eigenvalue weighted by Gasteiger charge is 2.19. The fourth-order valence-corrected chi connectivity index (χ4v) is 10.4. The van der Waals surface area contributed by atoms with E-state index in [1.165, 1.54) is 21.8 Å². The van der Waals surface area contributed by atoms with E-state index in [9.17, 15) is 0 Å². The maximum Gasteiger partial charge on any atom is 0.143 e. The average molecular weight is 880 g/mol. The van der Waals surface area contributed by atoms with Gasteiger partial charge in [0.1, 0.15) is 11.2 Å². The van der Waals surface area contributed by atoms with Crippen LogP contribution in [0.3, 0.4) is 0 Å². The van der Waals surface area contributed by atoms with E-state index in [4.69, 9.17) is 9.73 Å².